The summed E-state index contributed by atoms with van der Waals surface area (Å²) in [7, 11) is 0. The van der Waals surface area contributed by atoms with Gasteiger partial charge in [0.05, 0.1) is 11.3 Å². The van der Waals surface area contributed by atoms with Crippen LogP contribution in [0.4, 0.5) is 24.1 Å². The second-order valence-corrected chi connectivity index (χ2v) is 17.9. The van der Waals surface area contributed by atoms with Gasteiger partial charge >= 0.3 is 30.5 Å². The van der Waals surface area contributed by atoms with Gasteiger partial charge < -0.3 is 19.1 Å². The molecule has 0 aliphatic rings. The lowest BCUT2D eigenvalue weighted by atomic mass is 9.86. The van der Waals surface area contributed by atoms with Gasteiger partial charge in [-0.25, -0.2) is 28.2 Å². The maximum atomic E-state index is 15.3. The summed E-state index contributed by atoms with van der Waals surface area (Å²) in [5.74, 6) is -3.71. The van der Waals surface area contributed by atoms with Crippen molar-refractivity contribution in [2.75, 3.05) is 6.54 Å². The first-order valence-electron chi connectivity index (χ1n) is 19.3. The van der Waals surface area contributed by atoms with Crippen molar-refractivity contribution < 1.29 is 61.3 Å². The molecule has 0 fully saturated rings. The fourth-order valence-electron chi connectivity index (χ4n) is 5.28. The Kier molecular flexibility index (Phi) is 20.2. The largest absolute Gasteiger partial charge is 0.444 e. The minimum absolute atomic E-state index is 0.0215. The van der Waals surface area contributed by atoms with Gasteiger partial charge in [-0.15, -0.1) is 0 Å². The predicted molar refractivity (Wildman–Crippen MR) is 222 cm³/mol. The molecule has 0 saturated carbocycles. The third-order valence-electron chi connectivity index (χ3n) is 7.68. The Bertz CT molecular complexity index is 2050. The number of hydrogen-bond donors (Lipinski definition) is 2. The molecule has 3 aromatic carbocycles. The van der Waals surface area contributed by atoms with Crippen molar-refractivity contribution in [1.82, 2.24) is 15.5 Å². The lowest BCUT2D eigenvalue weighted by Gasteiger charge is -2.31. The number of ether oxygens (including phenoxy) is 3. The molecule has 0 saturated heterocycles. The number of benzene rings is 3. The second kappa shape index (κ2) is 23.4. The maximum Gasteiger partial charge on any atom is 0.414 e. The number of nitrogens with zero attached hydrogens (tertiary/aromatic N) is 2. The van der Waals surface area contributed by atoms with Gasteiger partial charge in [-0.1, -0.05) is 65.8 Å². The van der Waals surface area contributed by atoms with Crippen molar-refractivity contribution in [1.29, 1.82) is 0 Å². The van der Waals surface area contributed by atoms with Crippen molar-refractivity contribution in [3.63, 3.8) is 0 Å². The highest BCUT2D eigenvalue weighted by molar-refractivity contribution is 6.02. The Balaban J connectivity index is 0.00000302. The van der Waals surface area contributed by atoms with Gasteiger partial charge in [-0.3, -0.25) is 15.4 Å². The zero-order chi connectivity index (χ0) is 47.6. The number of carbonyl (C=O) groups is 4. The van der Waals surface area contributed by atoms with Crippen LogP contribution in [0.25, 0.3) is 0 Å². The third-order valence-corrected chi connectivity index (χ3v) is 7.68. The quantitative estimate of drug-likeness (QED) is 0.0905. The van der Waals surface area contributed by atoms with E-state index in [0.29, 0.717) is 13.1 Å². The number of hydrogen-bond acceptors (Lipinski definition) is 12. The second-order valence-electron chi connectivity index (χ2n) is 17.9. The summed E-state index contributed by atoms with van der Waals surface area (Å²) in [6.07, 6.45) is -1.59. The highest BCUT2D eigenvalue weighted by Crippen LogP contribution is 2.27. The first-order chi connectivity index (χ1) is 28.5. The van der Waals surface area contributed by atoms with E-state index in [2.05, 4.69) is 48.5 Å². The van der Waals surface area contributed by atoms with Gasteiger partial charge in [-0.2, -0.15) is 19.2 Å². The molecule has 17 heteroatoms. The molecule has 3 rings (SSSR count). The SMILES string of the molecule is CC(C)(C)CN(Cc1cccc(C(C)(C)C)c1)C(=O)CCc1c(F)cc(OC(=O)c2ccc(N=C(NC(=O)OC(C)(C)C)NC(=O)OC(C)(C)C)cc2)cc1F.O=C=O.O=C=O. The van der Waals surface area contributed by atoms with Crippen LogP contribution in [-0.2, 0) is 51.8 Å². The zero-order valence-corrected chi connectivity index (χ0v) is 37.2. The molecular weight excluding hydrogens is 811 g/mol. The van der Waals surface area contributed by atoms with Crippen LogP contribution in [0.5, 0.6) is 5.75 Å². The number of amides is 3. The molecule has 0 aliphatic carbocycles. The summed E-state index contributed by atoms with van der Waals surface area (Å²) in [6, 6.07) is 15.4. The summed E-state index contributed by atoms with van der Waals surface area (Å²) in [5.41, 5.74) is 0.103. The van der Waals surface area contributed by atoms with Crippen LogP contribution in [0.2, 0.25) is 0 Å². The van der Waals surface area contributed by atoms with Crippen LogP contribution in [0.15, 0.2) is 65.7 Å². The molecule has 336 valence electrons. The zero-order valence-electron chi connectivity index (χ0n) is 37.2. The Morgan fingerprint density at radius 2 is 1.19 bits per heavy atom. The van der Waals surface area contributed by atoms with Gasteiger partial charge in [0.2, 0.25) is 11.9 Å². The van der Waals surface area contributed by atoms with Crippen molar-refractivity contribution in [2.45, 2.75) is 119 Å². The van der Waals surface area contributed by atoms with Crippen LogP contribution in [0.1, 0.15) is 117 Å². The molecule has 0 radical (unpaired) electrons. The summed E-state index contributed by atoms with van der Waals surface area (Å²) in [5, 5.41) is 4.72. The average molecular weight is 867 g/mol. The van der Waals surface area contributed by atoms with Gasteiger partial charge in [-0.05, 0) is 94.2 Å². The average Bonchev–Trinajstić information content (AvgIpc) is 3.09. The molecule has 0 atom stereocenters. The number of esters is 1. The van der Waals surface area contributed by atoms with Crippen LogP contribution in [0, 0.1) is 17.0 Å². The number of aliphatic imine (C=N–C) groups is 1. The Hall–Kier alpha value is -6.57. The Morgan fingerprint density at radius 1 is 0.710 bits per heavy atom. The van der Waals surface area contributed by atoms with E-state index in [-0.39, 0.29) is 70.4 Å². The van der Waals surface area contributed by atoms with Crippen LogP contribution >= 0.6 is 0 Å². The van der Waals surface area contributed by atoms with Crippen molar-refractivity contribution >= 4 is 48.0 Å². The lowest BCUT2D eigenvalue weighted by Crippen LogP contribution is -2.47. The molecule has 2 N–H and O–H groups in total. The van der Waals surface area contributed by atoms with E-state index in [4.69, 9.17) is 33.4 Å². The first kappa shape index (κ1) is 53.4. The molecule has 0 heterocycles. The van der Waals surface area contributed by atoms with Gasteiger partial charge in [0.25, 0.3) is 0 Å². The minimum atomic E-state index is -0.951. The minimum Gasteiger partial charge on any atom is -0.444 e. The number of guanidine groups is 1. The fourth-order valence-corrected chi connectivity index (χ4v) is 5.28. The Morgan fingerprint density at radius 3 is 1.63 bits per heavy atom. The van der Waals surface area contributed by atoms with E-state index in [1.165, 1.54) is 24.3 Å². The fraction of sp³-hybridized carbons (Fsp3) is 0.444. The lowest BCUT2D eigenvalue weighted by molar-refractivity contribution is -0.193. The Labute approximate surface area is 360 Å². The van der Waals surface area contributed by atoms with E-state index in [0.717, 1.165) is 23.3 Å². The molecule has 0 aromatic heterocycles. The molecule has 3 aromatic rings. The molecule has 15 nitrogen and oxygen atoms in total. The monoisotopic (exact) mass is 866 g/mol. The normalized spacial score (nSPS) is 11.1. The molecule has 3 amide bonds. The van der Waals surface area contributed by atoms with Crippen LogP contribution in [0.3, 0.4) is 0 Å². The van der Waals surface area contributed by atoms with E-state index in [1.54, 1.807) is 46.4 Å². The molecular formula is C45H56F2N4O11. The highest BCUT2D eigenvalue weighted by atomic mass is 19.1. The molecule has 0 unspecified atom stereocenters. The number of rotatable bonds is 9. The summed E-state index contributed by atoms with van der Waals surface area (Å²) >= 11 is 0. The van der Waals surface area contributed by atoms with Crippen LogP contribution < -0.4 is 15.4 Å². The topological polar surface area (TPSA) is 204 Å². The van der Waals surface area contributed by atoms with Crippen molar-refractivity contribution in [2.24, 2.45) is 10.4 Å². The summed E-state index contributed by atoms with van der Waals surface area (Å²) < 4.78 is 46.3. The van der Waals surface area contributed by atoms with Gasteiger partial charge in [0, 0.05) is 37.2 Å². The molecule has 62 heavy (non-hydrogen) atoms. The van der Waals surface area contributed by atoms with Crippen molar-refractivity contribution in [3.8, 4) is 5.75 Å². The first-order valence-corrected chi connectivity index (χ1v) is 19.3. The van der Waals surface area contributed by atoms with Crippen LogP contribution in [-0.4, -0.2) is 65.0 Å². The van der Waals surface area contributed by atoms with Crippen molar-refractivity contribution in [3.05, 3.63) is 94.6 Å². The number of carbonyl (C=O) groups excluding carboxylic acids is 8. The van der Waals surface area contributed by atoms with E-state index in [9.17, 15) is 19.2 Å². The number of nitrogens with one attached hydrogen (secondary N) is 2. The number of halogens is 2. The third kappa shape index (κ3) is 21.1. The molecule has 0 spiro atoms. The summed E-state index contributed by atoms with van der Waals surface area (Å²) in [6.45, 7) is 23.2. The highest BCUT2D eigenvalue weighted by Gasteiger charge is 2.25. The smallest absolute Gasteiger partial charge is 0.414 e. The predicted octanol–water partition coefficient (Wildman–Crippen LogP) is 8.36. The van der Waals surface area contributed by atoms with Gasteiger partial charge in [0.15, 0.2) is 0 Å². The summed E-state index contributed by atoms with van der Waals surface area (Å²) in [4.78, 5) is 89.7. The van der Waals surface area contributed by atoms with E-state index in [1.807, 2.05) is 32.9 Å². The van der Waals surface area contributed by atoms with E-state index >= 15 is 8.78 Å². The maximum absolute atomic E-state index is 15.3. The van der Waals surface area contributed by atoms with Gasteiger partial charge in [0.1, 0.15) is 28.6 Å². The standard InChI is InChI=1S/C43H56F2N4O7.2CO2/c1-40(2,3)26-49(25-27-14-13-15-29(22-27)41(4,5)6)35(50)21-20-32-33(44)23-31(24-34(32)45)54-36(51)28-16-18-30(19-17-28)46-37(47-38(52)55-42(7,8)9)48-39(53)56-43(10,11)12;2*2-1-3/h13-19,22-24H,20-21,25-26H2,1-12H3,(H2,46,47,48,52,53);;. The molecule has 0 bridgehead atoms. The molecule has 0 aliphatic heterocycles. The van der Waals surface area contributed by atoms with E-state index < -0.39 is 41.0 Å². The number of alkyl carbamates (subject to hydrolysis) is 2.